The Bertz CT molecular complexity index is 961. The molecule has 0 aliphatic carbocycles. The number of carbonyl (C=O) groups excluding carboxylic acids is 2. The number of ketones is 1. The molecular weight excluding hydrogens is 404 g/mol. The average molecular weight is 423 g/mol. The lowest BCUT2D eigenvalue weighted by Crippen LogP contribution is -2.48. The molecule has 0 amide bonds. The SMILES string of the molecule is O=C1CC(c2ccccc2)(c2ccccc2)OC(=O)C1SCc1ccccc1Cl. The van der Waals surface area contributed by atoms with Gasteiger partial charge in [-0.15, -0.1) is 11.8 Å². The van der Waals surface area contributed by atoms with E-state index in [1.165, 1.54) is 11.8 Å². The minimum Gasteiger partial charge on any atom is -0.448 e. The Morgan fingerprint density at radius 2 is 1.41 bits per heavy atom. The molecule has 29 heavy (non-hydrogen) atoms. The zero-order valence-corrected chi connectivity index (χ0v) is 17.2. The summed E-state index contributed by atoms with van der Waals surface area (Å²) in [5, 5.41) is -0.230. The van der Waals surface area contributed by atoms with Crippen LogP contribution < -0.4 is 0 Å². The summed E-state index contributed by atoms with van der Waals surface area (Å²) in [5.41, 5.74) is 1.38. The first-order valence-corrected chi connectivity index (χ1v) is 10.7. The summed E-state index contributed by atoms with van der Waals surface area (Å²) < 4.78 is 6.03. The fourth-order valence-corrected chi connectivity index (χ4v) is 4.92. The van der Waals surface area contributed by atoms with E-state index in [2.05, 4.69) is 0 Å². The normalized spacial score (nSPS) is 18.3. The van der Waals surface area contributed by atoms with Crippen molar-refractivity contribution in [1.29, 1.82) is 0 Å². The van der Waals surface area contributed by atoms with Crippen LogP contribution in [-0.4, -0.2) is 17.0 Å². The first-order valence-electron chi connectivity index (χ1n) is 9.32. The molecule has 0 saturated carbocycles. The number of esters is 1. The van der Waals surface area contributed by atoms with Crippen molar-refractivity contribution < 1.29 is 14.3 Å². The third-order valence-electron chi connectivity index (χ3n) is 5.05. The number of thioether (sulfide) groups is 1. The van der Waals surface area contributed by atoms with Crippen LogP contribution >= 0.6 is 23.4 Å². The molecular formula is C24H19ClO3S. The summed E-state index contributed by atoms with van der Waals surface area (Å²) >= 11 is 7.47. The Hall–Kier alpha value is -2.56. The summed E-state index contributed by atoms with van der Waals surface area (Å²) in [7, 11) is 0. The maximum atomic E-state index is 13.1. The molecule has 1 heterocycles. The van der Waals surface area contributed by atoms with Crippen LogP contribution in [0.4, 0.5) is 0 Å². The van der Waals surface area contributed by atoms with Gasteiger partial charge in [0, 0.05) is 21.9 Å². The lowest BCUT2D eigenvalue weighted by molar-refractivity contribution is -0.165. The Labute approximate surface area is 179 Å². The molecule has 0 radical (unpaired) electrons. The molecule has 0 bridgehead atoms. The number of Topliss-reactive ketones (excluding diaryl/α,β-unsaturated/α-hetero) is 1. The molecule has 146 valence electrons. The van der Waals surface area contributed by atoms with Crippen molar-refractivity contribution in [2.75, 3.05) is 0 Å². The number of hydrogen-bond donors (Lipinski definition) is 0. The van der Waals surface area contributed by atoms with Crippen LogP contribution in [0, 0.1) is 0 Å². The van der Waals surface area contributed by atoms with Crippen LogP contribution in [0.2, 0.25) is 5.02 Å². The Kier molecular flexibility index (Phi) is 5.74. The predicted molar refractivity (Wildman–Crippen MR) is 116 cm³/mol. The fraction of sp³-hybridized carbons (Fsp3) is 0.167. The molecule has 5 heteroatoms. The van der Waals surface area contributed by atoms with E-state index in [4.69, 9.17) is 16.3 Å². The van der Waals surface area contributed by atoms with Gasteiger partial charge in [-0.3, -0.25) is 9.59 Å². The van der Waals surface area contributed by atoms with Crippen molar-refractivity contribution in [1.82, 2.24) is 0 Å². The van der Waals surface area contributed by atoms with Crippen molar-refractivity contribution in [2.45, 2.75) is 23.0 Å². The van der Waals surface area contributed by atoms with Crippen molar-refractivity contribution >= 4 is 35.1 Å². The standard InChI is InChI=1S/C24H19ClO3S/c25-20-14-8-7-9-17(20)16-29-22-21(26)15-24(28-23(22)27,18-10-3-1-4-11-18)19-12-5-2-6-13-19/h1-14,22H,15-16H2. The van der Waals surface area contributed by atoms with Crippen LogP contribution in [-0.2, 0) is 25.7 Å². The highest BCUT2D eigenvalue weighted by Crippen LogP contribution is 2.43. The van der Waals surface area contributed by atoms with Crippen LogP contribution in [0.25, 0.3) is 0 Å². The molecule has 1 aliphatic heterocycles. The van der Waals surface area contributed by atoms with E-state index in [-0.39, 0.29) is 12.2 Å². The van der Waals surface area contributed by atoms with Crippen LogP contribution in [0.5, 0.6) is 0 Å². The maximum Gasteiger partial charge on any atom is 0.327 e. The van der Waals surface area contributed by atoms with Gasteiger partial charge in [-0.2, -0.15) is 0 Å². The van der Waals surface area contributed by atoms with E-state index in [0.29, 0.717) is 10.8 Å². The van der Waals surface area contributed by atoms with Crippen molar-refractivity contribution in [3.05, 3.63) is 107 Å². The predicted octanol–water partition coefficient (Wildman–Crippen LogP) is 5.40. The van der Waals surface area contributed by atoms with Gasteiger partial charge in [0.25, 0.3) is 0 Å². The van der Waals surface area contributed by atoms with Gasteiger partial charge in [0.2, 0.25) is 0 Å². The minimum atomic E-state index is -1.10. The van der Waals surface area contributed by atoms with E-state index in [0.717, 1.165) is 16.7 Å². The smallest absolute Gasteiger partial charge is 0.327 e. The molecule has 1 atom stereocenters. The van der Waals surface area contributed by atoms with Gasteiger partial charge in [0.15, 0.2) is 16.6 Å². The van der Waals surface area contributed by atoms with Crippen LogP contribution in [0.1, 0.15) is 23.1 Å². The highest BCUT2D eigenvalue weighted by atomic mass is 35.5. The van der Waals surface area contributed by atoms with Crippen LogP contribution in [0.15, 0.2) is 84.9 Å². The molecule has 0 N–H and O–H groups in total. The number of cyclic esters (lactones) is 1. The number of ether oxygens (including phenoxy) is 1. The van der Waals surface area contributed by atoms with Gasteiger partial charge in [-0.25, -0.2) is 0 Å². The van der Waals surface area contributed by atoms with Gasteiger partial charge < -0.3 is 4.74 Å². The topological polar surface area (TPSA) is 43.4 Å². The van der Waals surface area contributed by atoms with Crippen molar-refractivity contribution in [3.63, 3.8) is 0 Å². The summed E-state index contributed by atoms with van der Waals surface area (Å²) in [6.07, 6.45) is 0.104. The van der Waals surface area contributed by atoms with E-state index < -0.39 is 16.8 Å². The van der Waals surface area contributed by atoms with Gasteiger partial charge in [0.1, 0.15) is 0 Å². The Morgan fingerprint density at radius 3 is 1.97 bits per heavy atom. The van der Waals surface area contributed by atoms with Crippen molar-refractivity contribution in [3.8, 4) is 0 Å². The monoisotopic (exact) mass is 422 g/mol. The molecule has 4 rings (SSSR count). The molecule has 0 aromatic heterocycles. The van der Waals surface area contributed by atoms with E-state index >= 15 is 0 Å². The maximum absolute atomic E-state index is 13.1. The minimum absolute atomic E-state index is 0.104. The van der Waals surface area contributed by atoms with Gasteiger partial charge in [-0.05, 0) is 11.6 Å². The second-order valence-electron chi connectivity index (χ2n) is 6.91. The lowest BCUT2D eigenvalue weighted by atomic mass is 9.80. The fourth-order valence-electron chi connectivity index (χ4n) is 3.58. The van der Waals surface area contributed by atoms with E-state index in [1.54, 1.807) is 6.07 Å². The number of halogens is 1. The summed E-state index contributed by atoms with van der Waals surface area (Å²) in [6, 6.07) is 26.4. The number of benzene rings is 3. The number of rotatable bonds is 5. The molecule has 1 aliphatic rings. The van der Waals surface area contributed by atoms with Crippen molar-refractivity contribution in [2.24, 2.45) is 0 Å². The van der Waals surface area contributed by atoms with Gasteiger partial charge in [-0.1, -0.05) is 90.5 Å². The second kappa shape index (κ2) is 8.44. The number of hydrogen-bond acceptors (Lipinski definition) is 4. The molecule has 3 aromatic rings. The van der Waals surface area contributed by atoms with Gasteiger partial charge >= 0.3 is 5.97 Å². The quantitative estimate of drug-likeness (QED) is 0.407. The molecule has 0 spiro atoms. The van der Waals surface area contributed by atoms with E-state index in [9.17, 15) is 9.59 Å². The average Bonchev–Trinajstić information content (AvgIpc) is 2.75. The first-order chi connectivity index (χ1) is 14.1. The third-order valence-corrected chi connectivity index (χ3v) is 6.68. The molecule has 1 fully saturated rings. The highest BCUT2D eigenvalue weighted by molar-refractivity contribution is 8.00. The molecule has 3 aromatic carbocycles. The van der Waals surface area contributed by atoms with Gasteiger partial charge in [0.05, 0.1) is 6.42 Å². The molecule has 1 saturated heterocycles. The Morgan fingerprint density at radius 1 is 0.862 bits per heavy atom. The Balaban J connectivity index is 1.62. The number of carbonyl (C=O) groups is 2. The summed E-state index contributed by atoms with van der Waals surface area (Å²) in [4.78, 5) is 26.1. The molecule has 1 unspecified atom stereocenters. The zero-order chi connectivity index (χ0) is 20.3. The lowest BCUT2D eigenvalue weighted by Gasteiger charge is -2.39. The summed E-state index contributed by atoms with van der Waals surface area (Å²) in [5.74, 6) is -0.175. The second-order valence-corrected chi connectivity index (χ2v) is 8.41. The van der Waals surface area contributed by atoms with Crippen LogP contribution in [0.3, 0.4) is 0 Å². The summed E-state index contributed by atoms with van der Waals surface area (Å²) in [6.45, 7) is 0. The van der Waals surface area contributed by atoms with E-state index in [1.807, 2.05) is 78.9 Å². The third kappa shape index (κ3) is 3.96. The largest absolute Gasteiger partial charge is 0.448 e. The molecule has 3 nitrogen and oxygen atoms in total. The first kappa shape index (κ1) is 19.7. The zero-order valence-electron chi connectivity index (χ0n) is 15.6. The highest BCUT2D eigenvalue weighted by Gasteiger charge is 2.49.